The highest BCUT2D eigenvalue weighted by atomic mass is 16.5. The Kier molecular flexibility index (Phi) is 5.41. The van der Waals surface area contributed by atoms with Gasteiger partial charge in [-0.3, -0.25) is 9.59 Å². The lowest BCUT2D eigenvalue weighted by Crippen LogP contribution is -2.49. The molecule has 0 spiro atoms. The second-order valence-corrected chi connectivity index (χ2v) is 4.24. The molecule has 1 aliphatic rings. The van der Waals surface area contributed by atoms with Gasteiger partial charge in [-0.05, 0) is 33.6 Å². The predicted molar refractivity (Wildman–Crippen MR) is 64.5 cm³/mol. The van der Waals surface area contributed by atoms with Crippen molar-refractivity contribution in [2.45, 2.75) is 45.8 Å². The number of hydrogen-bond donors (Lipinski definition) is 1. The molecule has 98 valence electrons. The number of likely N-dealkylation sites (N-methyl/N-ethyl adjacent to an activating group) is 1. The van der Waals surface area contributed by atoms with E-state index in [2.05, 4.69) is 5.32 Å². The molecule has 0 aromatic heterocycles. The van der Waals surface area contributed by atoms with E-state index >= 15 is 0 Å². The fourth-order valence-electron chi connectivity index (χ4n) is 1.96. The van der Waals surface area contributed by atoms with Crippen molar-refractivity contribution in [1.29, 1.82) is 0 Å². The molecule has 1 N–H and O–H groups in total. The third kappa shape index (κ3) is 3.70. The highest BCUT2D eigenvalue weighted by Crippen LogP contribution is 2.12. The Labute approximate surface area is 102 Å². The lowest BCUT2D eigenvalue weighted by molar-refractivity contribution is -0.138. The molecule has 0 aromatic rings. The maximum absolute atomic E-state index is 11.9. The van der Waals surface area contributed by atoms with Crippen LogP contribution in [-0.2, 0) is 14.3 Å². The first-order chi connectivity index (χ1) is 8.10. The number of ether oxygens (including phenoxy) is 1. The Bertz CT molecular complexity index is 271. The first-order valence-electron chi connectivity index (χ1n) is 6.30. The quantitative estimate of drug-likeness (QED) is 0.765. The minimum absolute atomic E-state index is 0.0404. The van der Waals surface area contributed by atoms with Crippen LogP contribution in [0.5, 0.6) is 0 Å². The summed E-state index contributed by atoms with van der Waals surface area (Å²) in [4.78, 5) is 25.4. The number of hydrogen-bond acceptors (Lipinski definition) is 3. The monoisotopic (exact) mass is 242 g/mol. The van der Waals surface area contributed by atoms with Gasteiger partial charge < -0.3 is 15.0 Å². The average Bonchev–Trinajstić information content (AvgIpc) is 2.83. The Hall–Kier alpha value is -1.10. The molecular formula is C12H22N2O3. The summed E-state index contributed by atoms with van der Waals surface area (Å²) < 4.78 is 5.27. The van der Waals surface area contributed by atoms with Gasteiger partial charge in [-0.2, -0.15) is 0 Å². The molecule has 5 heteroatoms. The number of nitrogens with one attached hydrogen (secondary N) is 1. The van der Waals surface area contributed by atoms with E-state index in [-0.39, 0.29) is 17.9 Å². The van der Waals surface area contributed by atoms with E-state index < -0.39 is 6.04 Å². The maximum Gasteiger partial charge on any atom is 0.249 e. The van der Waals surface area contributed by atoms with Crippen molar-refractivity contribution < 1.29 is 14.3 Å². The molecule has 2 amide bonds. The zero-order valence-corrected chi connectivity index (χ0v) is 10.9. The molecule has 0 saturated carbocycles. The summed E-state index contributed by atoms with van der Waals surface area (Å²) >= 11 is 0. The van der Waals surface area contributed by atoms with Crippen molar-refractivity contribution in [2.24, 2.45) is 0 Å². The predicted octanol–water partition coefficient (Wildman–Crippen LogP) is 0.539. The van der Waals surface area contributed by atoms with Gasteiger partial charge in [0, 0.05) is 19.7 Å². The molecule has 17 heavy (non-hydrogen) atoms. The molecule has 2 atom stereocenters. The van der Waals surface area contributed by atoms with E-state index in [1.54, 1.807) is 11.8 Å². The van der Waals surface area contributed by atoms with Gasteiger partial charge in [0.25, 0.3) is 0 Å². The van der Waals surface area contributed by atoms with Crippen LogP contribution >= 0.6 is 0 Å². The number of amides is 2. The van der Waals surface area contributed by atoms with Gasteiger partial charge in [-0.15, -0.1) is 0 Å². The van der Waals surface area contributed by atoms with E-state index in [4.69, 9.17) is 4.74 Å². The van der Waals surface area contributed by atoms with Crippen molar-refractivity contribution in [3.8, 4) is 0 Å². The van der Waals surface area contributed by atoms with Crippen LogP contribution in [0.15, 0.2) is 0 Å². The Morgan fingerprint density at radius 1 is 1.41 bits per heavy atom. The fraction of sp³-hybridized carbons (Fsp3) is 0.833. The zero-order chi connectivity index (χ0) is 12.8. The minimum atomic E-state index is -0.480. The molecular weight excluding hydrogens is 220 g/mol. The van der Waals surface area contributed by atoms with Crippen LogP contribution in [0.3, 0.4) is 0 Å². The zero-order valence-electron chi connectivity index (χ0n) is 10.9. The molecule has 1 heterocycles. The summed E-state index contributed by atoms with van der Waals surface area (Å²) in [5, 5.41) is 2.72. The summed E-state index contributed by atoms with van der Waals surface area (Å²) in [6.45, 7) is 7.53. The maximum atomic E-state index is 11.9. The van der Waals surface area contributed by atoms with Gasteiger partial charge in [-0.25, -0.2) is 0 Å². The van der Waals surface area contributed by atoms with Gasteiger partial charge in [0.1, 0.15) is 12.1 Å². The van der Waals surface area contributed by atoms with Gasteiger partial charge in [0.15, 0.2) is 0 Å². The first-order valence-corrected chi connectivity index (χ1v) is 6.30. The third-order valence-corrected chi connectivity index (χ3v) is 3.03. The molecule has 0 unspecified atom stereocenters. The summed E-state index contributed by atoms with van der Waals surface area (Å²) in [6, 6.07) is -0.480. The van der Waals surface area contributed by atoms with Crippen molar-refractivity contribution in [3.63, 3.8) is 0 Å². The molecule has 1 aliphatic heterocycles. The smallest absolute Gasteiger partial charge is 0.249 e. The van der Waals surface area contributed by atoms with Crippen LogP contribution in [0.25, 0.3) is 0 Å². The summed E-state index contributed by atoms with van der Waals surface area (Å²) in [6.07, 6.45) is 1.29. The Morgan fingerprint density at radius 3 is 2.53 bits per heavy atom. The highest BCUT2D eigenvalue weighted by Gasteiger charge is 2.27. The second kappa shape index (κ2) is 6.59. The SMILES string of the molecule is CCN(CC)C(=O)[C@H](C)NC(=O)[C@H]1CCCO1. The van der Waals surface area contributed by atoms with Gasteiger partial charge >= 0.3 is 0 Å². The topological polar surface area (TPSA) is 58.6 Å². The number of carbonyl (C=O) groups excluding carboxylic acids is 2. The van der Waals surface area contributed by atoms with Gasteiger partial charge in [-0.1, -0.05) is 0 Å². The van der Waals surface area contributed by atoms with E-state index in [9.17, 15) is 9.59 Å². The standard InChI is InChI=1S/C12H22N2O3/c1-4-14(5-2)12(16)9(3)13-11(15)10-7-6-8-17-10/h9-10H,4-8H2,1-3H3,(H,13,15)/t9-,10+/m0/s1. The van der Waals surface area contributed by atoms with Crippen LogP contribution in [0.1, 0.15) is 33.6 Å². The molecule has 1 rings (SSSR count). The molecule has 1 fully saturated rings. The Balaban J connectivity index is 2.44. The van der Waals surface area contributed by atoms with Crippen LogP contribution in [0, 0.1) is 0 Å². The third-order valence-electron chi connectivity index (χ3n) is 3.03. The molecule has 0 aliphatic carbocycles. The lowest BCUT2D eigenvalue weighted by Gasteiger charge is -2.24. The molecule has 0 radical (unpaired) electrons. The molecule has 0 bridgehead atoms. The van der Waals surface area contributed by atoms with Crippen molar-refractivity contribution in [1.82, 2.24) is 10.2 Å². The van der Waals surface area contributed by atoms with Gasteiger partial charge in [0.2, 0.25) is 11.8 Å². The number of rotatable bonds is 5. The largest absolute Gasteiger partial charge is 0.368 e. The second-order valence-electron chi connectivity index (χ2n) is 4.24. The van der Waals surface area contributed by atoms with E-state index in [1.165, 1.54) is 0 Å². The van der Waals surface area contributed by atoms with Crippen molar-refractivity contribution in [2.75, 3.05) is 19.7 Å². The van der Waals surface area contributed by atoms with Gasteiger partial charge in [0.05, 0.1) is 0 Å². The Morgan fingerprint density at radius 2 is 2.06 bits per heavy atom. The van der Waals surface area contributed by atoms with E-state index in [0.717, 1.165) is 12.8 Å². The average molecular weight is 242 g/mol. The van der Waals surface area contributed by atoms with Crippen molar-refractivity contribution in [3.05, 3.63) is 0 Å². The normalized spacial score (nSPS) is 21.0. The van der Waals surface area contributed by atoms with Crippen LogP contribution in [-0.4, -0.2) is 48.6 Å². The first kappa shape index (κ1) is 14.0. The fourth-order valence-corrected chi connectivity index (χ4v) is 1.96. The molecule has 5 nitrogen and oxygen atoms in total. The summed E-state index contributed by atoms with van der Waals surface area (Å²) in [5.74, 6) is -0.211. The highest BCUT2D eigenvalue weighted by molar-refractivity contribution is 5.89. The molecule has 0 aromatic carbocycles. The van der Waals surface area contributed by atoms with E-state index in [1.807, 2.05) is 13.8 Å². The minimum Gasteiger partial charge on any atom is -0.368 e. The number of nitrogens with zero attached hydrogens (tertiary/aromatic N) is 1. The van der Waals surface area contributed by atoms with Crippen LogP contribution in [0.4, 0.5) is 0 Å². The summed E-state index contributed by atoms with van der Waals surface area (Å²) in [7, 11) is 0. The molecule has 1 saturated heterocycles. The number of carbonyl (C=O) groups is 2. The van der Waals surface area contributed by atoms with E-state index in [0.29, 0.717) is 19.7 Å². The summed E-state index contributed by atoms with van der Waals surface area (Å²) in [5.41, 5.74) is 0. The van der Waals surface area contributed by atoms with Crippen molar-refractivity contribution >= 4 is 11.8 Å². The van der Waals surface area contributed by atoms with Crippen LogP contribution < -0.4 is 5.32 Å². The van der Waals surface area contributed by atoms with Crippen LogP contribution in [0.2, 0.25) is 0 Å². The lowest BCUT2D eigenvalue weighted by atomic mass is 10.2.